The monoisotopic (exact) mass is 290 g/mol. The van der Waals surface area contributed by atoms with E-state index in [0.717, 1.165) is 12.1 Å². The predicted molar refractivity (Wildman–Crippen MR) is 66.3 cm³/mol. The molecule has 1 atom stereocenters. The third-order valence-electron chi connectivity index (χ3n) is 2.44. The first kappa shape index (κ1) is 13.3. The summed E-state index contributed by atoms with van der Waals surface area (Å²) in [4.78, 5) is 0.541. The molecule has 1 aromatic heterocycles. The van der Waals surface area contributed by atoms with Crippen molar-refractivity contribution in [1.29, 1.82) is 0 Å². The molecule has 18 heavy (non-hydrogen) atoms. The molecule has 1 N–H and O–H groups in total. The van der Waals surface area contributed by atoms with Gasteiger partial charge in [-0.1, -0.05) is 11.6 Å². The largest absolute Gasteiger partial charge is 0.496 e. The highest BCUT2D eigenvalue weighted by Crippen LogP contribution is 2.34. The van der Waals surface area contributed by atoms with Crippen molar-refractivity contribution >= 4 is 22.9 Å². The number of thiophene rings is 1. The van der Waals surface area contributed by atoms with Crippen LogP contribution in [0, 0.1) is 11.6 Å². The second kappa shape index (κ2) is 5.22. The van der Waals surface area contributed by atoms with E-state index in [1.165, 1.54) is 18.4 Å². The first-order valence-corrected chi connectivity index (χ1v) is 6.23. The van der Waals surface area contributed by atoms with Crippen LogP contribution in [0.4, 0.5) is 8.78 Å². The summed E-state index contributed by atoms with van der Waals surface area (Å²) in [7, 11) is 1.50. The van der Waals surface area contributed by atoms with Gasteiger partial charge in [0, 0.05) is 20.8 Å². The molecule has 0 radical (unpaired) electrons. The van der Waals surface area contributed by atoms with Gasteiger partial charge in [0.15, 0.2) is 11.6 Å². The summed E-state index contributed by atoms with van der Waals surface area (Å²) in [5.41, 5.74) is 0.125. The van der Waals surface area contributed by atoms with Crippen LogP contribution in [-0.2, 0) is 0 Å². The molecular weight excluding hydrogens is 282 g/mol. The van der Waals surface area contributed by atoms with Crippen LogP contribution in [0.25, 0.3) is 0 Å². The summed E-state index contributed by atoms with van der Waals surface area (Å²) >= 11 is 7.04. The number of benzene rings is 1. The zero-order valence-electron chi connectivity index (χ0n) is 9.28. The normalized spacial score (nSPS) is 12.5. The molecule has 6 heteroatoms. The smallest absolute Gasteiger partial charge is 0.160 e. The predicted octanol–water partition coefficient (Wildman–Crippen LogP) is 3.77. The molecule has 2 rings (SSSR count). The van der Waals surface area contributed by atoms with Crippen LogP contribution in [0.3, 0.4) is 0 Å². The van der Waals surface area contributed by atoms with Crippen LogP contribution in [0.1, 0.15) is 16.5 Å². The van der Waals surface area contributed by atoms with Crippen molar-refractivity contribution in [3.05, 3.63) is 50.7 Å². The number of aliphatic hydroxyl groups is 1. The average Bonchev–Trinajstić information content (AvgIpc) is 2.81. The molecule has 1 aromatic carbocycles. The number of methoxy groups -OCH3 is 1. The van der Waals surface area contributed by atoms with Crippen LogP contribution in [0.5, 0.6) is 5.75 Å². The molecule has 0 fully saturated rings. The summed E-state index contributed by atoms with van der Waals surface area (Å²) in [5, 5.41) is 11.8. The van der Waals surface area contributed by atoms with Crippen molar-refractivity contribution in [2.45, 2.75) is 6.10 Å². The van der Waals surface area contributed by atoms with Gasteiger partial charge in [0.25, 0.3) is 0 Å². The highest BCUT2D eigenvalue weighted by molar-refractivity contribution is 7.10. The van der Waals surface area contributed by atoms with Gasteiger partial charge in [-0.2, -0.15) is 0 Å². The van der Waals surface area contributed by atoms with Crippen molar-refractivity contribution in [1.82, 2.24) is 0 Å². The van der Waals surface area contributed by atoms with Gasteiger partial charge in [-0.3, -0.25) is 0 Å². The Kier molecular flexibility index (Phi) is 3.85. The van der Waals surface area contributed by atoms with E-state index in [1.54, 1.807) is 11.4 Å². The van der Waals surface area contributed by atoms with Crippen molar-refractivity contribution in [3.63, 3.8) is 0 Å². The molecule has 0 saturated heterocycles. The fourth-order valence-electron chi connectivity index (χ4n) is 1.49. The lowest BCUT2D eigenvalue weighted by Crippen LogP contribution is -2.00. The van der Waals surface area contributed by atoms with Gasteiger partial charge in [0.05, 0.1) is 7.11 Å². The van der Waals surface area contributed by atoms with Crippen LogP contribution >= 0.6 is 22.9 Å². The molecule has 0 aliphatic rings. The number of aliphatic hydroxyl groups excluding tert-OH is 1. The Labute approximate surface area is 111 Å². The van der Waals surface area contributed by atoms with Gasteiger partial charge in [-0.25, -0.2) is 8.78 Å². The minimum atomic E-state index is -1.11. The fourth-order valence-corrected chi connectivity index (χ4v) is 2.60. The van der Waals surface area contributed by atoms with Crippen molar-refractivity contribution in [2.24, 2.45) is 0 Å². The van der Waals surface area contributed by atoms with Crippen LogP contribution in [0.2, 0.25) is 5.02 Å². The van der Waals surface area contributed by atoms with E-state index >= 15 is 0 Å². The second-order valence-corrected chi connectivity index (χ2v) is 4.93. The lowest BCUT2D eigenvalue weighted by Gasteiger charge is -2.11. The molecule has 0 aliphatic heterocycles. The fraction of sp³-hybridized carbons (Fsp3) is 0.167. The molecule has 1 unspecified atom stereocenters. The Bertz CT molecular complexity index is 571. The molecule has 0 bridgehead atoms. The van der Waals surface area contributed by atoms with E-state index in [9.17, 15) is 13.9 Å². The number of halogens is 3. The third-order valence-corrected chi connectivity index (χ3v) is 3.73. The Morgan fingerprint density at radius 3 is 2.56 bits per heavy atom. The van der Waals surface area contributed by atoms with Crippen molar-refractivity contribution < 1.29 is 18.6 Å². The minimum absolute atomic E-state index is 0.0197. The number of rotatable bonds is 3. The van der Waals surface area contributed by atoms with Gasteiger partial charge in [-0.15, -0.1) is 11.3 Å². The lowest BCUT2D eigenvalue weighted by atomic mass is 10.1. The highest BCUT2D eigenvalue weighted by Gasteiger charge is 2.19. The van der Waals surface area contributed by atoms with Crippen molar-refractivity contribution in [3.8, 4) is 5.75 Å². The van der Waals surface area contributed by atoms with Crippen LogP contribution in [-0.4, -0.2) is 12.2 Å². The summed E-state index contributed by atoms with van der Waals surface area (Å²) in [5.74, 6) is -1.50. The van der Waals surface area contributed by atoms with E-state index in [1.807, 2.05) is 0 Å². The first-order chi connectivity index (χ1) is 8.52. The van der Waals surface area contributed by atoms with Gasteiger partial charge in [0.2, 0.25) is 0 Å². The zero-order chi connectivity index (χ0) is 13.3. The molecule has 2 nitrogen and oxygen atoms in total. The maximum atomic E-state index is 13.1. The quantitative estimate of drug-likeness (QED) is 0.872. The zero-order valence-corrected chi connectivity index (χ0v) is 10.9. The summed E-state index contributed by atoms with van der Waals surface area (Å²) in [6.45, 7) is 0. The van der Waals surface area contributed by atoms with Crippen molar-refractivity contribution in [2.75, 3.05) is 7.11 Å². The molecule has 0 aliphatic carbocycles. The average molecular weight is 291 g/mol. The Hall–Kier alpha value is -1.17. The van der Waals surface area contributed by atoms with Crippen LogP contribution in [0.15, 0.2) is 23.6 Å². The number of hydrogen-bond acceptors (Lipinski definition) is 3. The Morgan fingerprint density at radius 2 is 1.94 bits per heavy atom. The summed E-state index contributed by atoms with van der Waals surface area (Å²) < 4.78 is 31.1. The topological polar surface area (TPSA) is 29.5 Å². The van der Waals surface area contributed by atoms with Gasteiger partial charge >= 0.3 is 0 Å². The molecule has 0 amide bonds. The van der Waals surface area contributed by atoms with Gasteiger partial charge in [0.1, 0.15) is 11.9 Å². The Morgan fingerprint density at radius 1 is 1.28 bits per heavy atom. The minimum Gasteiger partial charge on any atom is -0.496 e. The van der Waals surface area contributed by atoms with E-state index in [-0.39, 0.29) is 10.6 Å². The maximum absolute atomic E-state index is 13.1. The third kappa shape index (κ3) is 2.48. The Balaban J connectivity index is 2.39. The van der Waals surface area contributed by atoms with E-state index in [0.29, 0.717) is 10.6 Å². The molecule has 0 spiro atoms. The summed E-state index contributed by atoms with van der Waals surface area (Å²) in [6, 6.07) is 3.36. The number of ether oxygens (including phenoxy) is 1. The van der Waals surface area contributed by atoms with E-state index in [4.69, 9.17) is 16.3 Å². The van der Waals surface area contributed by atoms with Gasteiger partial charge in [-0.05, 0) is 18.2 Å². The summed E-state index contributed by atoms with van der Waals surface area (Å²) in [6.07, 6.45) is -1.11. The van der Waals surface area contributed by atoms with Crippen LogP contribution < -0.4 is 4.74 Å². The maximum Gasteiger partial charge on any atom is 0.160 e. The lowest BCUT2D eigenvalue weighted by molar-refractivity contribution is 0.223. The number of hydrogen-bond donors (Lipinski definition) is 1. The van der Waals surface area contributed by atoms with E-state index < -0.39 is 17.7 Å². The van der Waals surface area contributed by atoms with Gasteiger partial charge < -0.3 is 9.84 Å². The molecule has 0 saturated carbocycles. The second-order valence-electron chi connectivity index (χ2n) is 3.58. The molecule has 2 aromatic rings. The van der Waals surface area contributed by atoms with E-state index in [2.05, 4.69) is 0 Å². The SMILES string of the molecule is COc1csc(C(O)c2cc(F)c(F)cc2Cl)c1. The highest BCUT2D eigenvalue weighted by atomic mass is 35.5. The molecule has 96 valence electrons. The standard InChI is InChI=1S/C12H9ClF2O2S/c1-17-6-2-11(18-5-6)12(16)7-3-9(14)10(15)4-8(7)13/h2-5,12,16H,1H3. The molecule has 1 heterocycles. The first-order valence-electron chi connectivity index (χ1n) is 4.98. The molecular formula is C12H9ClF2O2S.